The highest BCUT2D eigenvalue weighted by molar-refractivity contribution is 7.89. The van der Waals surface area contributed by atoms with Crippen molar-refractivity contribution in [2.45, 2.75) is 11.4 Å². The lowest BCUT2D eigenvalue weighted by molar-refractivity contribution is 0.0600. The van der Waals surface area contributed by atoms with Crippen LogP contribution in [0.2, 0.25) is 5.02 Å². The summed E-state index contributed by atoms with van der Waals surface area (Å²) in [6.07, 6.45) is 0. The predicted octanol–water partition coefficient (Wildman–Crippen LogP) is 2.66. The van der Waals surface area contributed by atoms with Gasteiger partial charge in [0.2, 0.25) is 21.7 Å². The lowest BCUT2D eigenvalue weighted by Gasteiger charge is -2.06. The SMILES string of the molecule is COC(=O)c1cccc(S(=O)(=O)NCc2nc(-c3ccc(Cl)cc3)no2)c1. The number of ether oxygens (including phenoxy) is 1. The van der Waals surface area contributed by atoms with E-state index in [0.717, 1.165) is 0 Å². The van der Waals surface area contributed by atoms with Gasteiger partial charge in [-0.2, -0.15) is 4.98 Å². The van der Waals surface area contributed by atoms with Crippen LogP contribution < -0.4 is 4.72 Å². The maximum Gasteiger partial charge on any atom is 0.337 e. The molecule has 0 saturated heterocycles. The van der Waals surface area contributed by atoms with E-state index in [9.17, 15) is 13.2 Å². The Morgan fingerprint density at radius 2 is 1.96 bits per heavy atom. The minimum atomic E-state index is -3.89. The molecule has 0 aliphatic heterocycles. The molecule has 0 fully saturated rings. The predicted molar refractivity (Wildman–Crippen MR) is 96.6 cm³/mol. The number of carbonyl (C=O) groups excluding carboxylic acids is 1. The third kappa shape index (κ3) is 4.51. The van der Waals surface area contributed by atoms with Gasteiger partial charge in [-0.3, -0.25) is 0 Å². The van der Waals surface area contributed by atoms with E-state index in [1.54, 1.807) is 24.3 Å². The first kappa shape index (κ1) is 19.0. The van der Waals surface area contributed by atoms with Crippen LogP contribution in [0.25, 0.3) is 11.4 Å². The number of aromatic nitrogens is 2. The topological polar surface area (TPSA) is 111 Å². The number of methoxy groups -OCH3 is 1. The van der Waals surface area contributed by atoms with Crippen molar-refractivity contribution in [3.05, 3.63) is 65.0 Å². The van der Waals surface area contributed by atoms with Gasteiger partial charge in [0, 0.05) is 10.6 Å². The van der Waals surface area contributed by atoms with Crippen molar-refractivity contribution < 1.29 is 22.5 Å². The van der Waals surface area contributed by atoms with Gasteiger partial charge in [0.05, 0.1) is 24.1 Å². The second kappa shape index (κ2) is 7.87. The molecule has 0 radical (unpaired) electrons. The van der Waals surface area contributed by atoms with E-state index in [-0.39, 0.29) is 22.9 Å². The van der Waals surface area contributed by atoms with Crippen molar-refractivity contribution in [3.8, 4) is 11.4 Å². The molecule has 10 heteroatoms. The maximum atomic E-state index is 12.4. The summed E-state index contributed by atoms with van der Waals surface area (Å²) < 4.78 is 36.8. The van der Waals surface area contributed by atoms with Crippen LogP contribution in [0.15, 0.2) is 57.9 Å². The van der Waals surface area contributed by atoms with Gasteiger partial charge in [0.1, 0.15) is 0 Å². The Kier molecular flexibility index (Phi) is 5.54. The lowest BCUT2D eigenvalue weighted by Crippen LogP contribution is -2.23. The summed E-state index contributed by atoms with van der Waals surface area (Å²) in [6, 6.07) is 12.3. The quantitative estimate of drug-likeness (QED) is 0.625. The van der Waals surface area contributed by atoms with Gasteiger partial charge in [-0.1, -0.05) is 22.8 Å². The van der Waals surface area contributed by atoms with Crippen LogP contribution in [0.3, 0.4) is 0 Å². The molecule has 0 spiro atoms. The van der Waals surface area contributed by atoms with E-state index in [0.29, 0.717) is 16.4 Å². The Hall–Kier alpha value is -2.75. The summed E-state index contributed by atoms with van der Waals surface area (Å²) in [6.45, 7) is -0.203. The van der Waals surface area contributed by atoms with Gasteiger partial charge in [-0.25, -0.2) is 17.9 Å². The van der Waals surface area contributed by atoms with Crippen molar-refractivity contribution in [2.24, 2.45) is 0 Å². The van der Waals surface area contributed by atoms with Gasteiger partial charge in [-0.15, -0.1) is 0 Å². The van der Waals surface area contributed by atoms with Crippen LogP contribution in [0.4, 0.5) is 0 Å². The number of rotatable bonds is 6. The average molecular weight is 408 g/mol. The van der Waals surface area contributed by atoms with Gasteiger partial charge in [-0.05, 0) is 42.5 Å². The summed E-state index contributed by atoms with van der Waals surface area (Å²) in [4.78, 5) is 15.6. The van der Waals surface area contributed by atoms with Crippen LogP contribution in [0, 0.1) is 0 Å². The zero-order chi connectivity index (χ0) is 19.4. The molecule has 0 amide bonds. The first-order valence-corrected chi connectivity index (χ1v) is 9.52. The van der Waals surface area contributed by atoms with Gasteiger partial charge < -0.3 is 9.26 Å². The molecule has 0 unspecified atom stereocenters. The molecule has 2 aromatic carbocycles. The number of hydrogen-bond donors (Lipinski definition) is 1. The molecule has 1 aromatic heterocycles. The first-order chi connectivity index (χ1) is 12.9. The molecule has 8 nitrogen and oxygen atoms in total. The molecule has 0 bridgehead atoms. The number of benzene rings is 2. The molecule has 3 aromatic rings. The van der Waals surface area contributed by atoms with Crippen molar-refractivity contribution in [1.29, 1.82) is 0 Å². The molecule has 0 saturated carbocycles. The fraction of sp³-hybridized carbons (Fsp3) is 0.118. The molecular weight excluding hydrogens is 394 g/mol. The minimum absolute atomic E-state index is 0.0807. The molecular formula is C17H14ClN3O5S. The van der Waals surface area contributed by atoms with Crippen molar-refractivity contribution in [3.63, 3.8) is 0 Å². The number of nitrogens with zero attached hydrogens (tertiary/aromatic N) is 2. The number of carbonyl (C=O) groups is 1. The van der Waals surface area contributed by atoms with E-state index in [2.05, 4.69) is 19.6 Å². The van der Waals surface area contributed by atoms with E-state index in [4.69, 9.17) is 16.1 Å². The zero-order valence-electron chi connectivity index (χ0n) is 14.0. The molecule has 27 heavy (non-hydrogen) atoms. The summed E-state index contributed by atoms with van der Waals surface area (Å²) in [5, 5.41) is 4.39. The summed E-state index contributed by atoms with van der Waals surface area (Å²) in [5.74, 6) is -0.224. The Morgan fingerprint density at radius 3 is 2.67 bits per heavy atom. The molecule has 0 aliphatic carbocycles. The first-order valence-electron chi connectivity index (χ1n) is 7.65. The number of esters is 1. The Morgan fingerprint density at radius 1 is 1.22 bits per heavy atom. The number of nitrogens with one attached hydrogen (secondary N) is 1. The molecule has 0 atom stereocenters. The number of hydrogen-bond acceptors (Lipinski definition) is 7. The summed E-state index contributed by atoms with van der Waals surface area (Å²) in [5.41, 5.74) is 0.811. The number of sulfonamides is 1. The second-order valence-corrected chi connectivity index (χ2v) is 7.57. The van der Waals surface area contributed by atoms with E-state index >= 15 is 0 Å². The average Bonchev–Trinajstić information content (AvgIpc) is 3.15. The molecule has 1 N–H and O–H groups in total. The third-order valence-electron chi connectivity index (χ3n) is 3.55. The highest BCUT2D eigenvalue weighted by atomic mass is 35.5. The fourth-order valence-corrected chi connectivity index (χ4v) is 3.34. The van der Waals surface area contributed by atoms with Crippen LogP contribution in [0.1, 0.15) is 16.2 Å². The highest BCUT2D eigenvalue weighted by Crippen LogP contribution is 2.19. The standard InChI is InChI=1S/C17H14ClN3O5S/c1-25-17(22)12-3-2-4-14(9-12)27(23,24)19-10-15-20-16(21-26-15)11-5-7-13(18)8-6-11/h2-9,19H,10H2,1H3. The van der Waals surface area contributed by atoms with Crippen molar-refractivity contribution in [1.82, 2.24) is 14.9 Å². The molecule has 1 heterocycles. The summed E-state index contributed by atoms with van der Waals surface area (Å²) >= 11 is 5.83. The van der Waals surface area contributed by atoms with Crippen molar-refractivity contribution >= 4 is 27.6 Å². The van der Waals surface area contributed by atoms with Gasteiger partial charge >= 0.3 is 5.97 Å². The third-order valence-corrected chi connectivity index (χ3v) is 5.20. The van der Waals surface area contributed by atoms with Crippen molar-refractivity contribution in [2.75, 3.05) is 7.11 Å². The fourth-order valence-electron chi connectivity index (χ4n) is 2.19. The van der Waals surface area contributed by atoms with Crippen LogP contribution in [-0.4, -0.2) is 31.6 Å². The maximum absolute atomic E-state index is 12.4. The second-order valence-electron chi connectivity index (χ2n) is 5.36. The molecule has 140 valence electrons. The van der Waals surface area contributed by atoms with Crippen LogP contribution in [-0.2, 0) is 21.3 Å². The largest absolute Gasteiger partial charge is 0.465 e. The van der Waals surface area contributed by atoms with E-state index in [1.165, 1.54) is 31.4 Å². The Bertz CT molecular complexity index is 1060. The monoisotopic (exact) mass is 407 g/mol. The Balaban J connectivity index is 1.73. The van der Waals surface area contributed by atoms with Gasteiger partial charge in [0.25, 0.3) is 0 Å². The normalized spacial score (nSPS) is 11.3. The van der Waals surface area contributed by atoms with Gasteiger partial charge in [0.15, 0.2) is 0 Å². The van der Waals surface area contributed by atoms with E-state index in [1.807, 2.05) is 0 Å². The lowest BCUT2D eigenvalue weighted by atomic mass is 10.2. The Labute approximate surface area is 160 Å². The molecule has 3 rings (SSSR count). The zero-order valence-corrected chi connectivity index (χ0v) is 15.6. The van der Waals surface area contributed by atoms with Crippen LogP contribution >= 0.6 is 11.6 Å². The smallest absolute Gasteiger partial charge is 0.337 e. The number of halogens is 1. The molecule has 0 aliphatic rings. The summed E-state index contributed by atoms with van der Waals surface area (Å²) in [7, 11) is -2.67. The van der Waals surface area contributed by atoms with Crippen LogP contribution in [0.5, 0.6) is 0 Å². The highest BCUT2D eigenvalue weighted by Gasteiger charge is 2.18. The van der Waals surface area contributed by atoms with E-state index < -0.39 is 16.0 Å². The minimum Gasteiger partial charge on any atom is -0.465 e.